The van der Waals surface area contributed by atoms with Crippen LogP contribution in [-0.2, 0) is 4.79 Å². The van der Waals surface area contributed by atoms with E-state index in [4.69, 9.17) is 0 Å². The van der Waals surface area contributed by atoms with Crippen LogP contribution in [0, 0.1) is 18.8 Å². The zero-order valence-electron chi connectivity index (χ0n) is 13.7. The first kappa shape index (κ1) is 16.3. The second-order valence-corrected chi connectivity index (χ2v) is 6.42. The number of carbonyl (C=O) groups is 2. The van der Waals surface area contributed by atoms with Gasteiger partial charge in [0.2, 0.25) is 5.91 Å². The Hall–Kier alpha value is -2.04. The van der Waals surface area contributed by atoms with E-state index in [1.807, 2.05) is 26.0 Å². The van der Waals surface area contributed by atoms with Crippen molar-refractivity contribution in [2.24, 2.45) is 11.8 Å². The molecule has 0 saturated heterocycles. The van der Waals surface area contributed by atoms with Crippen molar-refractivity contribution in [3.8, 4) is 0 Å². The van der Waals surface area contributed by atoms with Crippen molar-refractivity contribution < 1.29 is 9.59 Å². The van der Waals surface area contributed by atoms with Gasteiger partial charge in [0.05, 0.1) is 0 Å². The van der Waals surface area contributed by atoms with Gasteiger partial charge in [-0.3, -0.25) is 4.79 Å². The summed E-state index contributed by atoms with van der Waals surface area (Å²) < 4.78 is 0. The van der Waals surface area contributed by atoms with Crippen LogP contribution in [0.3, 0.4) is 0 Å². The molecule has 3 N–H and O–H groups in total. The summed E-state index contributed by atoms with van der Waals surface area (Å²) in [4.78, 5) is 23.8. The topological polar surface area (TPSA) is 70.2 Å². The van der Waals surface area contributed by atoms with Gasteiger partial charge in [-0.1, -0.05) is 19.9 Å². The molecule has 5 heteroatoms. The Morgan fingerprint density at radius 3 is 2.41 bits per heavy atom. The molecule has 1 aliphatic carbocycles. The van der Waals surface area contributed by atoms with Crippen LogP contribution in [0.15, 0.2) is 18.2 Å². The monoisotopic (exact) mass is 303 g/mol. The highest BCUT2D eigenvalue weighted by atomic mass is 16.2. The summed E-state index contributed by atoms with van der Waals surface area (Å²) >= 11 is 0. The van der Waals surface area contributed by atoms with E-state index >= 15 is 0 Å². The lowest BCUT2D eigenvalue weighted by Gasteiger charge is -2.18. The minimum Gasteiger partial charge on any atom is -0.335 e. The fraction of sp³-hybridized carbons (Fsp3) is 0.529. The van der Waals surface area contributed by atoms with E-state index in [1.165, 1.54) is 0 Å². The predicted octanol–water partition coefficient (Wildman–Crippen LogP) is 3.51. The lowest BCUT2D eigenvalue weighted by atomic mass is 10.1. The summed E-state index contributed by atoms with van der Waals surface area (Å²) in [6.07, 6.45) is 1.94. The zero-order valence-corrected chi connectivity index (χ0v) is 13.7. The van der Waals surface area contributed by atoms with Gasteiger partial charge in [0.1, 0.15) is 0 Å². The van der Waals surface area contributed by atoms with E-state index in [0.717, 1.165) is 24.1 Å². The third kappa shape index (κ3) is 4.48. The van der Waals surface area contributed by atoms with E-state index in [0.29, 0.717) is 11.6 Å². The third-order valence-corrected chi connectivity index (χ3v) is 4.06. The van der Waals surface area contributed by atoms with Gasteiger partial charge >= 0.3 is 6.03 Å². The molecule has 0 spiro atoms. The summed E-state index contributed by atoms with van der Waals surface area (Å²) in [6.45, 7) is 8.02. The van der Waals surface area contributed by atoms with Gasteiger partial charge in [-0.25, -0.2) is 4.79 Å². The molecule has 0 unspecified atom stereocenters. The van der Waals surface area contributed by atoms with E-state index in [2.05, 4.69) is 29.8 Å². The molecular formula is C17H25N3O2. The molecule has 1 atom stereocenters. The standard InChI is InChI=1S/C17H25N3O2/c1-10(2)12(4)18-17(22)20-15-9-14(8-5-11(15)3)19-16(21)13-6-7-13/h5,8-10,12-13H,6-7H2,1-4H3,(H,19,21)(H2,18,20,22)/t12-/m0/s1. The fourth-order valence-corrected chi connectivity index (χ4v) is 1.96. The number of rotatable bonds is 5. The second-order valence-electron chi connectivity index (χ2n) is 6.42. The number of urea groups is 1. The number of amides is 3. The van der Waals surface area contributed by atoms with Crippen molar-refractivity contribution in [3.05, 3.63) is 23.8 Å². The molecule has 2 rings (SSSR count). The van der Waals surface area contributed by atoms with Gasteiger partial charge in [0.15, 0.2) is 0 Å². The molecule has 0 radical (unpaired) electrons. The van der Waals surface area contributed by atoms with Crippen LogP contribution in [0.4, 0.5) is 16.2 Å². The minimum absolute atomic E-state index is 0.0627. The quantitative estimate of drug-likeness (QED) is 0.779. The molecule has 0 heterocycles. The summed E-state index contributed by atoms with van der Waals surface area (Å²) in [5, 5.41) is 8.65. The number of aryl methyl sites for hydroxylation is 1. The lowest BCUT2D eigenvalue weighted by Crippen LogP contribution is -2.39. The molecule has 22 heavy (non-hydrogen) atoms. The van der Waals surface area contributed by atoms with Crippen molar-refractivity contribution in [1.82, 2.24) is 5.32 Å². The first-order valence-electron chi connectivity index (χ1n) is 7.86. The van der Waals surface area contributed by atoms with Crippen LogP contribution in [0.25, 0.3) is 0 Å². The Morgan fingerprint density at radius 1 is 1.14 bits per heavy atom. The minimum atomic E-state index is -0.227. The number of nitrogens with one attached hydrogen (secondary N) is 3. The maximum absolute atomic E-state index is 12.0. The maximum atomic E-state index is 12.0. The molecule has 1 aromatic rings. The van der Waals surface area contributed by atoms with Crippen molar-refractivity contribution in [3.63, 3.8) is 0 Å². The third-order valence-electron chi connectivity index (χ3n) is 4.06. The number of hydrogen-bond donors (Lipinski definition) is 3. The van der Waals surface area contributed by atoms with Gasteiger partial charge in [0, 0.05) is 23.3 Å². The van der Waals surface area contributed by atoms with Gasteiger partial charge in [-0.15, -0.1) is 0 Å². The first-order valence-corrected chi connectivity index (χ1v) is 7.86. The van der Waals surface area contributed by atoms with Crippen LogP contribution in [-0.4, -0.2) is 18.0 Å². The Morgan fingerprint density at radius 2 is 1.82 bits per heavy atom. The molecule has 1 aliphatic rings. The van der Waals surface area contributed by atoms with Crippen molar-refractivity contribution in [2.45, 2.75) is 46.6 Å². The maximum Gasteiger partial charge on any atom is 0.319 e. The van der Waals surface area contributed by atoms with Crippen LogP contribution in [0.5, 0.6) is 0 Å². The molecule has 0 aromatic heterocycles. The molecule has 5 nitrogen and oxygen atoms in total. The summed E-state index contributed by atoms with van der Waals surface area (Å²) in [5.41, 5.74) is 2.38. The molecule has 0 bridgehead atoms. The van der Waals surface area contributed by atoms with Crippen LogP contribution in [0.2, 0.25) is 0 Å². The van der Waals surface area contributed by atoms with E-state index in [1.54, 1.807) is 6.07 Å². The van der Waals surface area contributed by atoms with Crippen molar-refractivity contribution in [2.75, 3.05) is 10.6 Å². The largest absolute Gasteiger partial charge is 0.335 e. The lowest BCUT2D eigenvalue weighted by molar-refractivity contribution is -0.117. The van der Waals surface area contributed by atoms with Crippen LogP contribution >= 0.6 is 0 Å². The Balaban J connectivity index is 2.00. The van der Waals surface area contributed by atoms with Crippen LogP contribution in [0.1, 0.15) is 39.2 Å². The second kappa shape index (κ2) is 6.81. The highest BCUT2D eigenvalue weighted by Gasteiger charge is 2.29. The average Bonchev–Trinajstić information content (AvgIpc) is 3.26. The summed E-state index contributed by atoms with van der Waals surface area (Å²) in [7, 11) is 0. The van der Waals surface area contributed by atoms with Crippen LogP contribution < -0.4 is 16.0 Å². The van der Waals surface area contributed by atoms with E-state index in [9.17, 15) is 9.59 Å². The molecular weight excluding hydrogens is 278 g/mol. The van der Waals surface area contributed by atoms with E-state index < -0.39 is 0 Å². The van der Waals surface area contributed by atoms with Crippen molar-refractivity contribution >= 4 is 23.3 Å². The summed E-state index contributed by atoms with van der Waals surface area (Å²) in [6, 6.07) is 5.42. The zero-order chi connectivity index (χ0) is 16.3. The number of anilines is 2. The molecule has 0 aliphatic heterocycles. The first-order chi connectivity index (χ1) is 10.4. The number of carbonyl (C=O) groups excluding carboxylic acids is 2. The van der Waals surface area contributed by atoms with E-state index in [-0.39, 0.29) is 23.9 Å². The predicted molar refractivity (Wildman–Crippen MR) is 89.0 cm³/mol. The highest BCUT2D eigenvalue weighted by Crippen LogP contribution is 2.30. The highest BCUT2D eigenvalue weighted by molar-refractivity contribution is 5.96. The van der Waals surface area contributed by atoms with Gasteiger partial charge in [0.25, 0.3) is 0 Å². The van der Waals surface area contributed by atoms with Gasteiger partial charge < -0.3 is 16.0 Å². The molecule has 3 amide bonds. The molecule has 1 fully saturated rings. The normalized spacial score (nSPS) is 15.3. The van der Waals surface area contributed by atoms with Gasteiger partial charge in [-0.05, 0) is 50.3 Å². The Labute approximate surface area is 131 Å². The van der Waals surface area contributed by atoms with Crippen molar-refractivity contribution in [1.29, 1.82) is 0 Å². The summed E-state index contributed by atoms with van der Waals surface area (Å²) in [5.74, 6) is 0.594. The SMILES string of the molecule is Cc1ccc(NC(=O)C2CC2)cc1NC(=O)N[C@@H](C)C(C)C. The molecule has 1 saturated carbocycles. The molecule has 120 valence electrons. The average molecular weight is 303 g/mol. The fourth-order valence-electron chi connectivity index (χ4n) is 1.96. The Kier molecular flexibility index (Phi) is 5.06. The smallest absolute Gasteiger partial charge is 0.319 e. The number of hydrogen-bond acceptors (Lipinski definition) is 2. The Bertz CT molecular complexity index is 565. The molecule has 1 aromatic carbocycles. The van der Waals surface area contributed by atoms with Gasteiger partial charge in [-0.2, -0.15) is 0 Å². The number of benzene rings is 1.